The van der Waals surface area contributed by atoms with Crippen LogP contribution < -0.4 is 0 Å². The number of esters is 2. The molecule has 10 atom stereocenters. The van der Waals surface area contributed by atoms with Gasteiger partial charge in [0.15, 0.2) is 6.10 Å². The number of allylic oxidation sites excluding steroid dienone is 11. The van der Waals surface area contributed by atoms with E-state index >= 15 is 0 Å². The Morgan fingerprint density at radius 3 is 1.49 bits per heavy atom. The first-order valence-electron chi connectivity index (χ1n) is 25.4. The summed E-state index contributed by atoms with van der Waals surface area (Å²) >= 11 is 0. The first-order chi connectivity index (χ1) is 32.7. The summed E-state index contributed by atoms with van der Waals surface area (Å²) in [6.45, 7) is 3.00. The number of aliphatic hydroxyl groups is 7. The van der Waals surface area contributed by atoms with E-state index in [-0.39, 0.29) is 32.1 Å². The van der Waals surface area contributed by atoms with E-state index in [1.165, 1.54) is 44.9 Å². The van der Waals surface area contributed by atoms with Crippen molar-refractivity contribution in [3.8, 4) is 0 Å². The van der Waals surface area contributed by atoms with E-state index in [0.717, 1.165) is 70.6 Å². The molecule has 0 saturated heterocycles. The van der Waals surface area contributed by atoms with E-state index in [2.05, 4.69) is 68.5 Å². The lowest BCUT2D eigenvalue weighted by molar-refractivity contribution is -0.220. The number of rotatable bonds is 41. The minimum absolute atomic E-state index is 0.0181. The van der Waals surface area contributed by atoms with Gasteiger partial charge in [-0.1, -0.05) is 145 Å². The van der Waals surface area contributed by atoms with Gasteiger partial charge in [0.2, 0.25) is 0 Å². The second-order valence-corrected chi connectivity index (χ2v) is 19.0. The van der Waals surface area contributed by atoms with E-state index in [9.17, 15) is 54.8 Å². The standard InChI is InChI=1S/C52H89O15P/c1-3-5-7-9-11-13-15-17-18-19-20-21-22-23-24-26-28-30-32-34-38-46(56)66-42(41-65-68(62,63)67-52-50(60)48(58)47(57)49(59)51(52)61)40-64-45(55)39-35-37-44(54)43(53)36-33-31-29-27-25-16-14-12-10-8-6-4-2/h12-15,18-19,21-22,25,27,31,33,42-44,47-54,57-61H,3-11,16-17,20,23-24,26,28-30,32,34-41H2,1-2H3,(H,62,63)/b14-12-,15-13-,19-18-,22-21-,27-25-,33-31-/t42-,43?,44?,47?,48-,49+,50-,51-,52?/m1/s1. The van der Waals surface area contributed by atoms with Gasteiger partial charge in [-0.25, -0.2) is 4.57 Å². The molecular weight excluding hydrogens is 896 g/mol. The normalized spacial score (nSPS) is 22.6. The summed E-state index contributed by atoms with van der Waals surface area (Å²) in [5, 5.41) is 71.1. The van der Waals surface area contributed by atoms with Crippen molar-refractivity contribution in [3.05, 3.63) is 72.9 Å². The summed E-state index contributed by atoms with van der Waals surface area (Å²) in [7, 11) is -5.20. The maximum absolute atomic E-state index is 12.9. The quantitative estimate of drug-likeness (QED) is 0.0124. The molecule has 1 saturated carbocycles. The summed E-state index contributed by atoms with van der Waals surface area (Å²) in [6, 6.07) is 0. The van der Waals surface area contributed by atoms with Crippen LogP contribution in [0.15, 0.2) is 72.9 Å². The smallest absolute Gasteiger partial charge is 0.462 e. The van der Waals surface area contributed by atoms with Crippen molar-refractivity contribution in [2.45, 2.75) is 229 Å². The molecule has 8 N–H and O–H groups in total. The lowest BCUT2D eigenvalue weighted by Crippen LogP contribution is -2.64. The third kappa shape index (κ3) is 32.2. The number of unbranched alkanes of at least 4 members (excludes halogenated alkanes) is 13. The molecule has 0 bridgehead atoms. The number of phosphoric acid groups is 1. The van der Waals surface area contributed by atoms with Crippen LogP contribution in [0.4, 0.5) is 0 Å². The summed E-state index contributed by atoms with van der Waals surface area (Å²) in [5.41, 5.74) is 0. The number of carbonyl (C=O) groups excluding carboxylic acids is 2. The fourth-order valence-electron chi connectivity index (χ4n) is 7.22. The molecule has 392 valence electrons. The zero-order chi connectivity index (χ0) is 50.3. The highest BCUT2D eigenvalue weighted by Gasteiger charge is 2.51. The molecule has 0 aromatic heterocycles. The fraction of sp³-hybridized carbons (Fsp3) is 0.731. The highest BCUT2D eigenvalue weighted by molar-refractivity contribution is 7.47. The van der Waals surface area contributed by atoms with Gasteiger partial charge >= 0.3 is 19.8 Å². The Labute approximate surface area is 407 Å². The maximum atomic E-state index is 12.9. The van der Waals surface area contributed by atoms with Crippen molar-refractivity contribution in [2.24, 2.45) is 0 Å². The molecule has 16 heteroatoms. The molecule has 0 amide bonds. The summed E-state index contributed by atoms with van der Waals surface area (Å²) in [4.78, 5) is 35.9. The van der Waals surface area contributed by atoms with Crippen LogP contribution in [0.2, 0.25) is 0 Å². The van der Waals surface area contributed by atoms with Gasteiger partial charge in [0.1, 0.15) is 43.2 Å². The molecule has 68 heavy (non-hydrogen) atoms. The monoisotopic (exact) mass is 985 g/mol. The maximum Gasteiger partial charge on any atom is 0.472 e. The van der Waals surface area contributed by atoms with Gasteiger partial charge in [-0.3, -0.25) is 18.6 Å². The molecule has 15 nitrogen and oxygen atoms in total. The first-order valence-corrected chi connectivity index (χ1v) is 26.9. The van der Waals surface area contributed by atoms with E-state index in [1.54, 1.807) is 6.08 Å². The van der Waals surface area contributed by atoms with Gasteiger partial charge in [-0.15, -0.1) is 0 Å². The Bertz CT molecular complexity index is 1500. The van der Waals surface area contributed by atoms with E-state index in [4.69, 9.17) is 18.5 Å². The van der Waals surface area contributed by atoms with Gasteiger partial charge in [-0.05, 0) is 89.9 Å². The number of phosphoric ester groups is 1. The largest absolute Gasteiger partial charge is 0.472 e. The van der Waals surface area contributed by atoms with Crippen LogP contribution in [0.25, 0.3) is 0 Å². The molecule has 0 aliphatic heterocycles. The van der Waals surface area contributed by atoms with Crippen molar-refractivity contribution in [1.82, 2.24) is 0 Å². The number of aliphatic hydroxyl groups excluding tert-OH is 7. The van der Waals surface area contributed by atoms with Crippen molar-refractivity contribution in [2.75, 3.05) is 13.2 Å². The molecule has 0 radical (unpaired) electrons. The minimum atomic E-state index is -5.20. The van der Waals surface area contributed by atoms with Gasteiger partial charge in [0, 0.05) is 12.8 Å². The van der Waals surface area contributed by atoms with Crippen LogP contribution in [0.3, 0.4) is 0 Å². The molecule has 0 aromatic rings. The molecule has 0 spiro atoms. The third-order valence-electron chi connectivity index (χ3n) is 11.5. The Hall–Kier alpha value is -2.79. The number of hydrogen-bond donors (Lipinski definition) is 8. The third-order valence-corrected chi connectivity index (χ3v) is 12.5. The zero-order valence-corrected chi connectivity index (χ0v) is 42.0. The Morgan fingerprint density at radius 1 is 0.515 bits per heavy atom. The Morgan fingerprint density at radius 2 is 0.941 bits per heavy atom. The predicted octanol–water partition coefficient (Wildman–Crippen LogP) is 8.61. The zero-order valence-electron chi connectivity index (χ0n) is 41.1. The van der Waals surface area contributed by atoms with Crippen molar-refractivity contribution in [3.63, 3.8) is 0 Å². The fourth-order valence-corrected chi connectivity index (χ4v) is 8.19. The number of carbonyl (C=O) groups is 2. The summed E-state index contributed by atoms with van der Waals surface area (Å²) in [5.74, 6) is -1.40. The van der Waals surface area contributed by atoms with Crippen LogP contribution in [0, 0.1) is 0 Å². The van der Waals surface area contributed by atoms with Crippen molar-refractivity contribution >= 4 is 19.8 Å². The minimum Gasteiger partial charge on any atom is -0.462 e. The van der Waals surface area contributed by atoms with Crippen LogP contribution >= 0.6 is 7.82 Å². The lowest BCUT2D eigenvalue weighted by atomic mass is 9.85. The van der Waals surface area contributed by atoms with Crippen LogP contribution in [-0.2, 0) is 32.7 Å². The second-order valence-electron chi connectivity index (χ2n) is 17.6. The summed E-state index contributed by atoms with van der Waals surface area (Å²) in [6.07, 6.45) is 30.9. The molecule has 1 rings (SSSR count). The Kier molecular flexibility index (Phi) is 38.0. The molecule has 1 fully saturated rings. The van der Waals surface area contributed by atoms with Gasteiger partial charge in [0.25, 0.3) is 0 Å². The Balaban J connectivity index is 2.54. The van der Waals surface area contributed by atoms with Crippen molar-refractivity contribution < 1.29 is 73.3 Å². The molecule has 1 aliphatic rings. The molecule has 5 unspecified atom stereocenters. The average Bonchev–Trinajstić information content (AvgIpc) is 3.32. The molecular formula is C52H89O15P. The predicted molar refractivity (Wildman–Crippen MR) is 265 cm³/mol. The second kappa shape index (κ2) is 40.9. The first kappa shape index (κ1) is 63.2. The number of hydrogen-bond acceptors (Lipinski definition) is 14. The van der Waals surface area contributed by atoms with Gasteiger partial charge in [0.05, 0.1) is 18.8 Å². The number of ether oxygens (including phenoxy) is 2. The van der Waals surface area contributed by atoms with Gasteiger partial charge < -0.3 is 50.1 Å². The summed E-state index contributed by atoms with van der Waals surface area (Å²) < 4.78 is 33.4. The molecule has 1 aliphatic carbocycles. The van der Waals surface area contributed by atoms with Crippen LogP contribution in [-0.4, -0.2) is 121 Å². The van der Waals surface area contributed by atoms with E-state index in [1.807, 2.05) is 12.2 Å². The van der Waals surface area contributed by atoms with Crippen LogP contribution in [0.5, 0.6) is 0 Å². The topological polar surface area (TPSA) is 250 Å². The van der Waals surface area contributed by atoms with E-state index in [0.29, 0.717) is 12.8 Å². The highest BCUT2D eigenvalue weighted by atomic mass is 31.2. The molecule has 0 heterocycles. The molecule has 0 aromatic carbocycles. The van der Waals surface area contributed by atoms with Crippen LogP contribution in [0.1, 0.15) is 174 Å². The SMILES string of the molecule is CCCCC/C=C\C/C=C\C/C=C\CC(O)C(O)CCCC(=O)OC[C@H](COP(=O)(O)OC1[C@H](O)[C@H](O)C(O)[C@H](O)[C@H]1O)OC(=O)CCCCCCCC/C=C\C/C=C\C/C=C\CCCCCC. The average molecular weight is 985 g/mol. The highest BCUT2D eigenvalue weighted by Crippen LogP contribution is 2.47. The lowest BCUT2D eigenvalue weighted by Gasteiger charge is -2.41. The van der Waals surface area contributed by atoms with E-state index < -0.39 is 87.9 Å². The van der Waals surface area contributed by atoms with Crippen molar-refractivity contribution in [1.29, 1.82) is 0 Å². The van der Waals surface area contributed by atoms with Gasteiger partial charge in [-0.2, -0.15) is 0 Å².